The Morgan fingerprint density at radius 1 is 1.10 bits per heavy atom. The maximum absolute atomic E-state index is 12.3. The Balaban J connectivity index is 1.89. The van der Waals surface area contributed by atoms with Crippen LogP contribution in [0.25, 0.3) is 0 Å². The summed E-state index contributed by atoms with van der Waals surface area (Å²) < 4.78 is 16.2. The Morgan fingerprint density at radius 3 is 2.41 bits per heavy atom. The predicted molar refractivity (Wildman–Crippen MR) is 111 cm³/mol. The van der Waals surface area contributed by atoms with Crippen LogP contribution in [-0.4, -0.2) is 43.1 Å². The second-order valence-corrected chi connectivity index (χ2v) is 8.57. The Kier molecular flexibility index (Phi) is 8.32. The zero-order valence-corrected chi connectivity index (χ0v) is 18.1. The van der Waals surface area contributed by atoms with Crippen LogP contribution in [0.5, 0.6) is 0 Å². The van der Waals surface area contributed by atoms with Crippen molar-refractivity contribution in [2.24, 2.45) is 5.92 Å². The third-order valence-electron chi connectivity index (χ3n) is 5.11. The van der Waals surface area contributed by atoms with Crippen molar-refractivity contribution >= 4 is 12.2 Å². The van der Waals surface area contributed by atoms with Crippen molar-refractivity contribution < 1.29 is 23.8 Å². The summed E-state index contributed by atoms with van der Waals surface area (Å²) in [4.78, 5) is 24.4. The highest BCUT2D eigenvalue weighted by Crippen LogP contribution is 2.29. The summed E-state index contributed by atoms with van der Waals surface area (Å²) in [6, 6.07) is 9.46. The summed E-state index contributed by atoms with van der Waals surface area (Å²) in [7, 11) is 1.65. The number of rotatable bonds is 6. The lowest BCUT2D eigenvalue weighted by Gasteiger charge is -2.39. The number of alkyl carbamates (subject to hydrolysis) is 2. The van der Waals surface area contributed by atoms with Crippen molar-refractivity contribution in [3.8, 4) is 0 Å². The first-order valence-corrected chi connectivity index (χ1v) is 10.2. The largest absolute Gasteiger partial charge is 0.445 e. The van der Waals surface area contributed by atoms with Crippen LogP contribution in [0.2, 0.25) is 0 Å². The average Bonchev–Trinajstić information content (AvgIpc) is 2.66. The zero-order valence-electron chi connectivity index (χ0n) is 18.1. The van der Waals surface area contributed by atoms with Crippen LogP contribution in [0, 0.1) is 5.92 Å². The van der Waals surface area contributed by atoms with Crippen molar-refractivity contribution in [2.75, 3.05) is 7.11 Å². The van der Waals surface area contributed by atoms with E-state index in [9.17, 15) is 9.59 Å². The van der Waals surface area contributed by atoms with Crippen molar-refractivity contribution in [2.45, 2.75) is 77.4 Å². The lowest BCUT2D eigenvalue weighted by Crippen LogP contribution is -2.52. The first kappa shape index (κ1) is 23.0. The molecule has 0 saturated heterocycles. The zero-order chi connectivity index (χ0) is 21.4. The maximum Gasteiger partial charge on any atom is 0.407 e. The minimum atomic E-state index is -0.537. The molecule has 29 heavy (non-hydrogen) atoms. The molecule has 162 valence electrons. The van der Waals surface area contributed by atoms with Gasteiger partial charge in [0.15, 0.2) is 0 Å². The summed E-state index contributed by atoms with van der Waals surface area (Å²) in [5, 5.41) is 5.93. The predicted octanol–water partition coefficient (Wildman–Crippen LogP) is 4.01. The van der Waals surface area contributed by atoms with Crippen LogP contribution in [-0.2, 0) is 20.8 Å². The molecule has 0 bridgehead atoms. The topological polar surface area (TPSA) is 85.9 Å². The number of nitrogens with one attached hydrogen (secondary N) is 2. The summed E-state index contributed by atoms with van der Waals surface area (Å²) in [5.74, 6) is 0.0537. The van der Waals surface area contributed by atoms with Gasteiger partial charge in [0.05, 0.1) is 6.10 Å². The Labute approximate surface area is 173 Å². The van der Waals surface area contributed by atoms with E-state index in [0.717, 1.165) is 18.4 Å². The molecule has 1 aliphatic rings. The Hall–Kier alpha value is -2.28. The van der Waals surface area contributed by atoms with E-state index in [1.54, 1.807) is 7.11 Å². The molecule has 2 N–H and O–H groups in total. The number of amides is 2. The van der Waals surface area contributed by atoms with E-state index < -0.39 is 17.8 Å². The second kappa shape index (κ2) is 10.5. The fourth-order valence-corrected chi connectivity index (χ4v) is 3.60. The maximum atomic E-state index is 12.3. The van der Waals surface area contributed by atoms with Gasteiger partial charge in [0, 0.05) is 25.1 Å². The van der Waals surface area contributed by atoms with Gasteiger partial charge in [-0.05, 0) is 52.5 Å². The molecule has 2 amide bonds. The molecule has 0 aliphatic heterocycles. The van der Waals surface area contributed by atoms with Gasteiger partial charge in [-0.15, -0.1) is 0 Å². The number of hydrogen-bond donors (Lipinski definition) is 2. The second-order valence-electron chi connectivity index (χ2n) is 8.57. The Bertz CT molecular complexity index is 659. The molecule has 4 atom stereocenters. The van der Waals surface area contributed by atoms with E-state index in [2.05, 4.69) is 10.6 Å². The van der Waals surface area contributed by atoms with Gasteiger partial charge in [-0.25, -0.2) is 9.59 Å². The average molecular weight is 407 g/mol. The van der Waals surface area contributed by atoms with Gasteiger partial charge in [0.2, 0.25) is 0 Å². The van der Waals surface area contributed by atoms with Crippen LogP contribution < -0.4 is 10.6 Å². The van der Waals surface area contributed by atoms with Gasteiger partial charge in [-0.1, -0.05) is 30.3 Å². The monoisotopic (exact) mass is 406 g/mol. The van der Waals surface area contributed by atoms with Gasteiger partial charge >= 0.3 is 12.2 Å². The molecular formula is C22H34N2O5. The lowest BCUT2D eigenvalue weighted by molar-refractivity contribution is 0.0194. The molecule has 0 aromatic heterocycles. The first-order valence-electron chi connectivity index (χ1n) is 10.2. The van der Waals surface area contributed by atoms with Gasteiger partial charge in [0.25, 0.3) is 0 Å². The van der Waals surface area contributed by atoms with Gasteiger partial charge in [-0.2, -0.15) is 0 Å². The lowest BCUT2D eigenvalue weighted by atomic mass is 9.78. The van der Waals surface area contributed by atoms with Crippen LogP contribution in [0.1, 0.15) is 52.5 Å². The molecular weight excluding hydrogens is 372 g/mol. The van der Waals surface area contributed by atoms with E-state index in [4.69, 9.17) is 14.2 Å². The highest BCUT2D eigenvalue weighted by Gasteiger charge is 2.36. The highest BCUT2D eigenvalue weighted by atomic mass is 16.6. The standard InChI is InChI=1S/C22H34N2O5/c1-15(27-5)18-13-17(23-21(26)29-22(2,3)4)11-12-19(18)24-20(25)28-14-16-9-7-6-8-10-16/h6-10,15,17-19H,11-14H2,1-5H3,(H,23,26)(H,24,25). The van der Waals surface area contributed by atoms with Crippen molar-refractivity contribution in [3.05, 3.63) is 35.9 Å². The summed E-state index contributed by atoms with van der Waals surface area (Å²) in [6.45, 7) is 7.72. The quantitative estimate of drug-likeness (QED) is 0.745. The van der Waals surface area contributed by atoms with Crippen molar-refractivity contribution in [1.29, 1.82) is 0 Å². The summed E-state index contributed by atoms with van der Waals surface area (Å²) >= 11 is 0. The van der Waals surface area contributed by atoms with E-state index in [0.29, 0.717) is 6.42 Å². The molecule has 1 aliphatic carbocycles. The fraction of sp³-hybridized carbons (Fsp3) is 0.636. The van der Waals surface area contributed by atoms with Gasteiger partial charge in [0.1, 0.15) is 12.2 Å². The molecule has 1 saturated carbocycles. The van der Waals surface area contributed by atoms with Crippen molar-refractivity contribution in [1.82, 2.24) is 10.6 Å². The number of carbonyl (C=O) groups excluding carboxylic acids is 2. The SMILES string of the molecule is COC(C)C1CC(NC(=O)OC(C)(C)C)CCC1NC(=O)OCc1ccccc1. The number of methoxy groups -OCH3 is 1. The molecule has 1 fully saturated rings. The van der Waals surface area contributed by atoms with Crippen LogP contribution >= 0.6 is 0 Å². The normalized spacial score (nSPS) is 23.0. The fourth-order valence-electron chi connectivity index (χ4n) is 3.60. The molecule has 7 nitrogen and oxygen atoms in total. The van der Waals surface area contributed by atoms with E-state index in [1.165, 1.54) is 0 Å². The van der Waals surface area contributed by atoms with Crippen LogP contribution in [0.3, 0.4) is 0 Å². The van der Waals surface area contributed by atoms with E-state index in [1.807, 2.05) is 58.0 Å². The number of hydrogen-bond acceptors (Lipinski definition) is 5. The molecule has 0 heterocycles. The minimum absolute atomic E-state index is 0.0224. The first-order chi connectivity index (χ1) is 13.7. The van der Waals surface area contributed by atoms with E-state index >= 15 is 0 Å². The van der Waals surface area contributed by atoms with Crippen molar-refractivity contribution in [3.63, 3.8) is 0 Å². The van der Waals surface area contributed by atoms with Crippen LogP contribution in [0.4, 0.5) is 9.59 Å². The smallest absolute Gasteiger partial charge is 0.407 e. The molecule has 1 aromatic rings. The Morgan fingerprint density at radius 2 is 1.79 bits per heavy atom. The molecule has 0 spiro atoms. The van der Waals surface area contributed by atoms with Gasteiger partial charge in [-0.3, -0.25) is 0 Å². The molecule has 4 unspecified atom stereocenters. The molecule has 1 aromatic carbocycles. The molecule has 7 heteroatoms. The molecule has 2 rings (SSSR count). The minimum Gasteiger partial charge on any atom is -0.445 e. The number of carbonyl (C=O) groups is 2. The highest BCUT2D eigenvalue weighted by molar-refractivity contribution is 5.68. The van der Waals surface area contributed by atoms with Gasteiger partial charge < -0.3 is 24.8 Å². The third-order valence-corrected chi connectivity index (χ3v) is 5.11. The van der Waals surface area contributed by atoms with Crippen LogP contribution in [0.15, 0.2) is 30.3 Å². The van der Waals surface area contributed by atoms with E-state index in [-0.39, 0.29) is 30.7 Å². The third kappa shape index (κ3) is 7.93. The summed E-state index contributed by atoms with van der Waals surface area (Å²) in [6.07, 6.45) is 1.23. The number of benzene rings is 1. The molecule has 0 radical (unpaired) electrons. The summed E-state index contributed by atoms with van der Waals surface area (Å²) in [5.41, 5.74) is 0.402. The number of ether oxygens (including phenoxy) is 3.